The summed E-state index contributed by atoms with van der Waals surface area (Å²) in [5.74, 6) is -0.0279. The predicted molar refractivity (Wildman–Crippen MR) is 47.9 cm³/mol. The fraction of sp³-hybridized carbons (Fsp3) is 0.625. The Kier molecular flexibility index (Phi) is 3.42. The lowest BCUT2D eigenvalue weighted by molar-refractivity contribution is -0.122. The van der Waals surface area contributed by atoms with Crippen molar-refractivity contribution in [2.45, 2.75) is 32.9 Å². The smallest absolute Gasteiger partial charge is 0.242 e. The number of nitrogens with one attached hydrogen (secondary N) is 1. The van der Waals surface area contributed by atoms with Gasteiger partial charge in [0.15, 0.2) is 0 Å². The Hall–Kier alpha value is -1.39. The predicted octanol–water partition coefficient (Wildman–Crippen LogP) is 0.193. The molecular formula is C8H14N4O. The van der Waals surface area contributed by atoms with E-state index in [4.69, 9.17) is 0 Å². The van der Waals surface area contributed by atoms with Crippen molar-refractivity contribution in [1.82, 2.24) is 20.3 Å². The molecule has 1 atom stereocenters. The minimum absolute atomic E-state index is 0.0279. The maximum absolute atomic E-state index is 11.3. The second kappa shape index (κ2) is 4.59. The Bertz CT molecular complexity index is 257. The Labute approximate surface area is 77.1 Å². The fourth-order valence-corrected chi connectivity index (χ4v) is 0.887. The van der Waals surface area contributed by atoms with Crippen molar-refractivity contribution < 1.29 is 4.79 Å². The molecule has 0 spiro atoms. The van der Waals surface area contributed by atoms with Crippen molar-refractivity contribution in [2.75, 3.05) is 0 Å². The summed E-state index contributed by atoms with van der Waals surface area (Å²) < 4.78 is 1.50. The summed E-state index contributed by atoms with van der Waals surface area (Å²) in [4.78, 5) is 11.3. The van der Waals surface area contributed by atoms with Crippen LogP contribution in [0.2, 0.25) is 0 Å². The van der Waals surface area contributed by atoms with Crippen molar-refractivity contribution in [1.29, 1.82) is 0 Å². The first kappa shape index (κ1) is 9.70. The topological polar surface area (TPSA) is 59.8 Å². The van der Waals surface area contributed by atoms with Crippen LogP contribution in [0, 0.1) is 0 Å². The number of nitrogens with zero attached hydrogens (tertiary/aromatic N) is 3. The third-order valence-electron chi connectivity index (χ3n) is 1.80. The molecule has 1 heterocycles. The molecule has 0 saturated carbocycles. The number of hydrogen-bond acceptors (Lipinski definition) is 3. The fourth-order valence-electron chi connectivity index (χ4n) is 0.887. The normalized spacial score (nSPS) is 12.5. The summed E-state index contributed by atoms with van der Waals surface area (Å²) in [5.41, 5.74) is 0. The van der Waals surface area contributed by atoms with Gasteiger partial charge in [-0.15, -0.1) is 5.10 Å². The van der Waals surface area contributed by atoms with Crippen LogP contribution in [0.3, 0.4) is 0 Å². The molecule has 1 unspecified atom stereocenters. The average molecular weight is 182 g/mol. The molecule has 1 aromatic heterocycles. The van der Waals surface area contributed by atoms with Crippen LogP contribution in [0.4, 0.5) is 0 Å². The summed E-state index contributed by atoms with van der Waals surface area (Å²) in [6.45, 7) is 4.24. The first-order chi connectivity index (χ1) is 6.22. The molecule has 1 N–H and O–H groups in total. The lowest BCUT2D eigenvalue weighted by Crippen LogP contribution is -2.34. The van der Waals surface area contributed by atoms with Crippen LogP contribution in [0.25, 0.3) is 0 Å². The van der Waals surface area contributed by atoms with Gasteiger partial charge >= 0.3 is 0 Å². The highest BCUT2D eigenvalue weighted by Gasteiger charge is 2.05. The monoisotopic (exact) mass is 182 g/mol. The SMILES string of the molecule is CCC(C)NC(=O)Cn1ccnn1. The molecule has 5 nitrogen and oxygen atoms in total. The minimum atomic E-state index is -0.0279. The summed E-state index contributed by atoms with van der Waals surface area (Å²) >= 11 is 0. The molecule has 0 saturated heterocycles. The van der Waals surface area contributed by atoms with Gasteiger partial charge in [0.25, 0.3) is 0 Å². The van der Waals surface area contributed by atoms with Gasteiger partial charge in [-0.25, -0.2) is 4.68 Å². The van der Waals surface area contributed by atoms with Gasteiger partial charge in [0, 0.05) is 12.2 Å². The zero-order valence-electron chi connectivity index (χ0n) is 7.90. The van der Waals surface area contributed by atoms with E-state index >= 15 is 0 Å². The van der Waals surface area contributed by atoms with E-state index < -0.39 is 0 Å². The summed E-state index contributed by atoms with van der Waals surface area (Å²) in [6, 6.07) is 0.219. The van der Waals surface area contributed by atoms with E-state index in [1.165, 1.54) is 4.68 Å². The molecule has 1 amide bonds. The van der Waals surface area contributed by atoms with Crippen LogP contribution in [-0.4, -0.2) is 26.9 Å². The number of aromatic nitrogens is 3. The number of rotatable bonds is 4. The minimum Gasteiger partial charge on any atom is -0.352 e. The van der Waals surface area contributed by atoms with Gasteiger partial charge in [-0.3, -0.25) is 4.79 Å². The molecule has 0 aromatic carbocycles. The highest BCUT2D eigenvalue weighted by atomic mass is 16.2. The third kappa shape index (κ3) is 3.23. The zero-order chi connectivity index (χ0) is 9.68. The molecular weight excluding hydrogens is 168 g/mol. The van der Waals surface area contributed by atoms with Gasteiger partial charge < -0.3 is 5.32 Å². The number of carbonyl (C=O) groups is 1. The lowest BCUT2D eigenvalue weighted by Gasteiger charge is -2.10. The quantitative estimate of drug-likeness (QED) is 0.723. The maximum Gasteiger partial charge on any atom is 0.242 e. The number of hydrogen-bond donors (Lipinski definition) is 1. The molecule has 0 radical (unpaired) electrons. The van der Waals surface area contributed by atoms with Crippen molar-refractivity contribution in [3.63, 3.8) is 0 Å². The summed E-state index contributed by atoms with van der Waals surface area (Å²) in [6.07, 6.45) is 4.15. The van der Waals surface area contributed by atoms with Crippen molar-refractivity contribution in [3.8, 4) is 0 Å². The largest absolute Gasteiger partial charge is 0.352 e. The van der Waals surface area contributed by atoms with E-state index in [9.17, 15) is 4.79 Å². The lowest BCUT2D eigenvalue weighted by atomic mass is 10.2. The number of amides is 1. The molecule has 0 bridgehead atoms. The van der Waals surface area contributed by atoms with E-state index in [0.717, 1.165) is 6.42 Å². The molecule has 13 heavy (non-hydrogen) atoms. The van der Waals surface area contributed by atoms with Gasteiger partial charge in [-0.1, -0.05) is 12.1 Å². The molecule has 0 aliphatic heterocycles. The first-order valence-electron chi connectivity index (χ1n) is 4.36. The van der Waals surface area contributed by atoms with Crippen molar-refractivity contribution in [3.05, 3.63) is 12.4 Å². The van der Waals surface area contributed by atoms with E-state index in [0.29, 0.717) is 0 Å². The molecule has 72 valence electrons. The molecule has 0 fully saturated rings. The first-order valence-corrected chi connectivity index (χ1v) is 4.36. The summed E-state index contributed by atoms with van der Waals surface area (Å²) in [7, 11) is 0. The van der Waals surface area contributed by atoms with Crippen LogP contribution < -0.4 is 5.32 Å². The Morgan fingerprint density at radius 2 is 2.46 bits per heavy atom. The molecule has 1 rings (SSSR count). The number of carbonyl (C=O) groups excluding carboxylic acids is 1. The van der Waals surface area contributed by atoms with Crippen LogP contribution in [0.1, 0.15) is 20.3 Å². The second-order valence-electron chi connectivity index (χ2n) is 2.98. The van der Waals surface area contributed by atoms with Gasteiger partial charge in [0.1, 0.15) is 6.54 Å². The van der Waals surface area contributed by atoms with E-state index in [2.05, 4.69) is 15.6 Å². The highest BCUT2D eigenvalue weighted by Crippen LogP contribution is 1.88. The van der Waals surface area contributed by atoms with Gasteiger partial charge in [0.2, 0.25) is 5.91 Å². The Morgan fingerprint density at radius 3 is 3.00 bits per heavy atom. The molecule has 5 heteroatoms. The van der Waals surface area contributed by atoms with Gasteiger partial charge in [-0.05, 0) is 13.3 Å². The summed E-state index contributed by atoms with van der Waals surface area (Å²) in [5, 5.41) is 10.1. The van der Waals surface area contributed by atoms with Crippen LogP contribution in [0.5, 0.6) is 0 Å². The van der Waals surface area contributed by atoms with Crippen molar-refractivity contribution in [2.24, 2.45) is 0 Å². The van der Waals surface area contributed by atoms with Crippen LogP contribution >= 0.6 is 0 Å². The third-order valence-corrected chi connectivity index (χ3v) is 1.80. The second-order valence-corrected chi connectivity index (χ2v) is 2.98. The Morgan fingerprint density at radius 1 is 1.69 bits per heavy atom. The van der Waals surface area contributed by atoms with E-state index in [1.807, 2.05) is 13.8 Å². The van der Waals surface area contributed by atoms with Gasteiger partial charge in [-0.2, -0.15) is 0 Å². The molecule has 0 aliphatic carbocycles. The highest BCUT2D eigenvalue weighted by molar-refractivity contribution is 5.75. The molecule has 1 aromatic rings. The van der Waals surface area contributed by atoms with Gasteiger partial charge in [0.05, 0.1) is 6.20 Å². The van der Waals surface area contributed by atoms with Crippen LogP contribution in [-0.2, 0) is 11.3 Å². The average Bonchev–Trinajstić information content (AvgIpc) is 2.56. The Balaban J connectivity index is 2.34. The standard InChI is InChI=1S/C8H14N4O/c1-3-7(2)10-8(13)6-12-5-4-9-11-12/h4-5,7H,3,6H2,1-2H3,(H,10,13). The van der Waals surface area contributed by atoms with Crippen LogP contribution in [0.15, 0.2) is 12.4 Å². The maximum atomic E-state index is 11.3. The van der Waals surface area contributed by atoms with E-state index in [-0.39, 0.29) is 18.5 Å². The zero-order valence-corrected chi connectivity index (χ0v) is 7.90. The van der Waals surface area contributed by atoms with E-state index in [1.54, 1.807) is 12.4 Å². The van der Waals surface area contributed by atoms with Crippen molar-refractivity contribution >= 4 is 5.91 Å². The molecule has 0 aliphatic rings.